The van der Waals surface area contributed by atoms with Crippen molar-refractivity contribution in [2.45, 2.75) is 24.2 Å². The lowest BCUT2D eigenvalue weighted by Gasteiger charge is -2.32. The summed E-state index contributed by atoms with van der Waals surface area (Å²) in [5, 5.41) is 12.1. The molecule has 0 radical (unpaired) electrons. The molecule has 0 spiro atoms. The van der Waals surface area contributed by atoms with E-state index in [-0.39, 0.29) is 29.9 Å². The number of aliphatic hydroxyl groups is 1. The minimum Gasteiger partial charge on any atom is -0.496 e. The average molecular weight is 497 g/mol. The van der Waals surface area contributed by atoms with Gasteiger partial charge in [0, 0.05) is 43.2 Å². The van der Waals surface area contributed by atoms with E-state index in [0.29, 0.717) is 41.0 Å². The number of ether oxygens (including phenoxy) is 2. The van der Waals surface area contributed by atoms with Crippen molar-refractivity contribution in [1.82, 2.24) is 8.96 Å². The van der Waals surface area contributed by atoms with E-state index in [1.165, 1.54) is 31.5 Å². The van der Waals surface area contributed by atoms with Crippen molar-refractivity contribution < 1.29 is 27.4 Å². The fourth-order valence-electron chi connectivity index (χ4n) is 4.62. The summed E-state index contributed by atoms with van der Waals surface area (Å²) in [6, 6.07) is 16.3. The molecule has 7 nitrogen and oxygen atoms in total. The molecule has 0 aliphatic carbocycles. The van der Waals surface area contributed by atoms with Gasteiger partial charge in [0.05, 0.1) is 18.6 Å². The number of benzene rings is 2. The molecule has 35 heavy (non-hydrogen) atoms. The molecular weight excluding hydrogens is 471 g/mol. The number of hydrogen-bond acceptors (Lipinski definition) is 6. The number of rotatable bonds is 6. The van der Waals surface area contributed by atoms with Crippen LogP contribution < -0.4 is 4.74 Å². The zero-order chi connectivity index (χ0) is 24.6. The van der Waals surface area contributed by atoms with Gasteiger partial charge in [0.1, 0.15) is 17.2 Å². The molecule has 1 fully saturated rings. The maximum absolute atomic E-state index is 14.2. The Morgan fingerprint density at radius 2 is 1.83 bits per heavy atom. The van der Waals surface area contributed by atoms with E-state index >= 15 is 0 Å². The van der Waals surface area contributed by atoms with Crippen LogP contribution in [-0.4, -0.2) is 42.8 Å². The number of halogens is 1. The van der Waals surface area contributed by atoms with E-state index in [1.54, 1.807) is 36.4 Å². The first-order valence-electron chi connectivity index (χ1n) is 11.2. The molecule has 0 bridgehead atoms. The summed E-state index contributed by atoms with van der Waals surface area (Å²) in [7, 11) is -2.50. The van der Waals surface area contributed by atoms with Gasteiger partial charge in [-0.1, -0.05) is 30.3 Å². The molecule has 5 rings (SSSR count). The van der Waals surface area contributed by atoms with Gasteiger partial charge in [-0.2, -0.15) is 0 Å². The summed E-state index contributed by atoms with van der Waals surface area (Å²) >= 11 is 0. The number of aromatic nitrogens is 2. The van der Waals surface area contributed by atoms with E-state index in [2.05, 4.69) is 4.98 Å². The third kappa shape index (κ3) is 4.31. The van der Waals surface area contributed by atoms with Crippen molar-refractivity contribution in [1.29, 1.82) is 0 Å². The van der Waals surface area contributed by atoms with Gasteiger partial charge in [0.25, 0.3) is 0 Å². The second kappa shape index (κ2) is 9.07. The highest BCUT2D eigenvalue weighted by molar-refractivity contribution is 7.89. The first-order valence-corrected chi connectivity index (χ1v) is 12.9. The van der Waals surface area contributed by atoms with Gasteiger partial charge in [0.2, 0.25) is 10.0 Å². The molecule has 0 amide bonds. The second-order valence-electron chi connectivity index (χ2n) is 8.62. The molecule has 0 unspecified atom stereocenters. The first-order chi connectivity index (χ1) is 16.8. The Morgan fingerprint density at radius 1 is 1.09 bits per heavy atom. The number of hydrogen-bond donors (Lipinski definition) is 1. The van der Waals surface area contributed by atoms with Gasteiger partial charge in [-0.15, -0.1) is 0 Å². The highest BCUT2D eigenvalue weighted by atomic mass is 32.2. The van der Waals surface area contributed by atoms with Crippen molar-refractivity contribution in [2.24, 2.45) is 0 Å². The Hall–Kier alpha value is -3.27. The van der Waals surface area contributed by atoms with Crippen LogP contribution in [0, 0.1) is 5.82 Å². The normalized spacial score (nSPS) is 15.9. The molecule has 2 aromatic carbocycles. The van der Waals surface area contributed by atoms with E-state index in [0.717, 1.165) is 3.97 Å². The van der Waals surface area contributed by atoms with Gasteiger partial charge in [-0.25, -0.2) is 21.8 Å². The van der Waals surface area contributed by atoms with Crippen molar-refractivity contribution >= 4 is 21.1 Å². The van der Waals surface area contributed by atoms with Gasteiger partial charge in [0.15, 0.2) is 5.65 Å². The van der Waals surface area contributed by atoms with E-state index < -0.39 is 21.4 Å². The minimum absolute atomic E-state index is 0.166. The molecule has 1 N–H and O–H groups in total. The SMILES string of the molecule is COc1ccc(F)cc1-c1ccnc2c1cc(C1(O)CCOCC1)n2S(=O)(=O)Cc1ccccc1. The van der Waals surface area contributed by atoms with E-state index in [4.69, 9.17) is 9.47 Å². The van der Waals surface area contributed by atoms with Crippen LogP contribution in [0.2, 0.25) is 0 Å². The zero-order valence-electron chi connectivity index (χ0n) is 19.1. The third-order valence-electron chi connectivity index (χ3n) is 6.38. The molecule has 2 aromatic heterocycles. The molecule has 0 atom stereocenters. The summed E-state index contributed by atoms with van der Waals surface area (Å²) in [6.07, 6.45) is 1.96. The molecule has 4 aromatic rings. The van der Waals surface area contributed by atoms with Crippen molar-refractivity contribution in [3.8, 4) is 16.9 Å². The fourth-order valence-corrected chi connectivity index (χ4v) is 6.29. The van der Waals surface area contributed by atoms with Crippen LogP contribution in [0.3, 0.4) is 0 Å². The number of fused-ring (bicyclic) bond motifs is 1. The Kier molecular flexibility index (Phi) is 6.08. The van der Waals surface area contributed by atoms with Crippen LogP contribution >= 0.6 is 0 Å². The third-order valence-corrected chi connectivity index (χ3v) is 8.00. The van der Waals surface area contributed by atoms with Crippen molar-refractivity contribution in [3.63, 3.8) is 0 Å². The van der Waals surface area contributed by atoms with Crippen LogP contribution in [0.4, 0.5) is 4.39 Å². The second-order valence-corrected chi connectivity index (χ2v) is 10.4. The smallest absolute Gasteiger partial charge is 0.244 e. The maximum Gasteiger partial charge on any atom is 0.244 e. The quantitative estimate of drug-likeness (QED) is 0.430. The van der Waals surface area contributed by atoms with Crippen LogP contribution in [0.25, 0.3) is 22.2 Å². The summed E-state index contributed by atoms with van der Waals surface area (Å²) in [6.45, 7) is 0.601. The van der Waals surface area contributed by atoms with E-state index in [1.807, 2.05) is 6.07 Å². The predicted octanol–water partition coefficient (Wildman–Crippen LogP) is 4.23. The maximum atomic E-state index is 14.2. The zero-order valence-corrected chi connectivity index (χ0v) is 20.0. The molecule has 1 saturated heterocycles. The largest absolute Gasteiger partial charge is 0.496 e. The van der Waals surface area contributed by atoms with Gasteiger partial charge in [-0.05, 0) is 41.5 Å². The molecule has 1 aliphatic heterocycles. The Morgan fingerprint density at radius 3 is 2.54 bits per heavy atom. The molecule has 9 heteroatoms. The van der Waals surface area contributed by atoms with E-state index in [9.17, 15) is 17.9 Å². The lowest BCUT2D eigenvalue weighted by atomic mass is 9.90. The van der Waals surface area contributed by atoms with Gasteiger partial charge < -0.3 is 14.6 Å². The Bertz CT molecular complexity index is 1480. The molecule has 3 heterocycles. The number of pyridine rings is 1. The fraction of sp³-hybridized carbons (Fsp3) is 0.269. The topological polar surface area (TPSA) is 90.7 Å². The van der Waals surface area contributed by atoms with Gasteiger partial charge >= 0.3 is 0 Å². The number of nitrogens with zero attached hydrogens (tertiary/aromatic N) is 2. The molecule has 1 aliphatic rings. The average Bonchev–Trinajstić information content (AvgIpc) is 3.27. The van der Waals surface area contributed by atoms with Crippen molar-refractivity contribution in [2.75, 3.05) is 20.3 Å². The summed E-state index contributed by atoms with van der Waals surface area (Å²) in [5.74, 6) is -0.290. The van der Waals surface area contributed by atoms with Gasteiger partial charge in [-0.3, -0.25) is 0 Å². The molecule has 0 saturated carbocycles. The van der Waals surface area contributed by atoms with Crippen LogP contribution in [0.5, 0.6) is 5.75 Å². The summed E-state index contributed by atoms with van der Waals surface area (Å²) in [4.78, 5) is 4.41. The minimum atomic E-state index is -3.99. The van der Waals surface area contributed by atoms with Crippen molar-refractivity contribution in [3.05, 3.63) is 83.9 Å². The van der Waals surface area contributed by atoms with Crippen LogP contribution in [-0.2, 0) is 26.1 Å². The summed E-state index contributed by atoms with van der Waals surface area (Å²) in [5.41, 5.74) is 0.593. The lowest BCUT2D eigenvalue weighted by Crippen LogP contribution is -2.37. The Balaban J connectivity index is 1.78. The molecular formula is C26H25FN2O5S. The molecule has 182 valence electrons. The lowest BCUT2D eigenvalue weighted by molar-refractivity contribution is -0.0708. The highest BCUT2D eigenvalue weighted by Crippen LogP contribution is 2.41. The predicted molar refractivity (Wildman–Crippen MR) is 130 cm³/mol. The first kappa shape index (κ1) is 23.5. The summed E-state index contributed by atoms with van der Waals surface area (Å²) < 4.78 is 53.8. The van der Waals surface area contributed by atoms with Crippen LogP contribution in [0.15, 0.2) is 66.9 Å². The Labute approximate surface area is 202 Å². The standard InChI is InChI=1S/C26H25FN2O5S/c1-33-23-8-7-19(27)15-21(23)20-9-12-28-25-22(20)16-24(26(30)10-13-34-14-11-26)29(25)35(31,32)17-18-5-3-2-4-6-18/h2-9,12,15-16,30H,10-11,13-14,17H2,1H3. The highest BCUT2D eigenvalue weighted by Gasteiger charge is 2.39. The number of methoxy groups -OCH3 is 1. The van der Waals surface area contributed by atoms with Crippen LogP contribution in [0.1, 0.15) is 24.1 Å². The monoisotopic (exact) mass is 496 g/mol.